The van der Waals surface area contributed by atoms with Gasteiger partial charge >= 0.3 is 0 Å². The first kappa shape index (κ1) is 57.7. The molecule has 0 amide bonds. The highest BCUT2D eigenvalue weighted by atomic mass is 16.5. The van der Waals surface area contributed by atoms with Crippen LogP contribution in [0, 0.1) is 0 Å². The molecule has 0 aliphatic carbocycles. The van der Waals surface area contributed by atoms with Crippen molar-refractivity contribution >= 4 is 5.78 Å². The van der Waals surface area contributed by atoms with Gasteiger partial charge in [-0.15, -0.1) is 0 Å². The predicted molar refractivity (Wildman–Crippen MR) is 196 cm³/mol. The number of Topliss-reactive ketones (excluding diaryl/α,β-unsaturated/α-hetero) is 1. The topological polar surface area (TPSA) is 420 Å². The maximum Gasteiger partial charge on any atom is 0.160 e. The molecule has 0 spiro atoms. The Morgan fingerprint density at radius 2 is 0.610 bits per heavy atom. The molecular formula is C34H69NO24. The van der Waals surface area contributed by atoms with Gasteiger partial charge in [0.15, 0.2) is 5.78 Å². The van der Waals surface area contributed by atoms with Gasteiger partial charge in [-0.3, -0.25) is 9.69 Å². The first-order valence-electron chi connectivity index (χ1n) is 18.9. The quantitative estimate of drug-likeness (QED) is 0.0273. The molecule has 0 rings (SSSR count). The highest BCUT2D eigenvalue weighted by molar-refractivity contribution is 5.80. The molecule has 0 aliphatic rings. The van der Waals surface area contributed by atoms with Gasteiger partial charge in [0, 0.05) is 19.6 Å². The summed E-state index contributed by atoms with van der Waals surface area (Å²) in [6.07, 6.45) is -23.7. The van der Waals surface area contributed by atoms with Crippen LogP contribution in [-0.4, -0.2) is 301 Å². The van der Waals surface area contributed by atoms with Gasteiger partial charge in [-0.25, -0.2) is 0 Å². The van der Waals surface area contributed by atoms with Crippen LogP contribution in [0.1, 0.15) is 6.92 Å². The minimum atomic E-state index is -2.02. The molecular weight excluding hydrogens is 806 g/mol. The molecule has 0 saturated carbocycles. The minimum absolute atomic E-state index is 0.194. The number of aliphatic hydroxyl groups excluding tert-OH is 17. The van der Waals surface area contributed by atoms with Crippen LogP contribution in [0.2, 0.25) is 0 Å². The standard InChI is InChI=1S/C34H69NO24/c1-19(38)30(49)18-59-17-25(44)16-58-15-24(43)14-57-13-23(42)12-56-11-22(41)10-55-9-21(40)8-54-7-20(39)2-35(3-26(45)31(50)33(52)28(47)5-36)4-27(46)32(51)34(53)29(48)6-37/h20-34,36-37,39-53H,2-18H2,1H3/t20?,21?,22?,23?,24?,25?,26-,27-,28+,29+,30-,31+,32+,33+,34+/m0/s1. The molecule has 15 atom stereocenters. The summed E-state index contributed by atoms with van der Waals surface area (Å²) in [6.45, 7) is -5.61. The monoisotopic (exact) mass is 875 g/mol. The van der Waals surface area contributed by atoms with E-state index in [9.17, 15) is 81.4 Å². The van der Waals surface area contributed by atoms with Crippen molar-refractivity contribution in [1.82, 2.24) is 4.90 Å². The van der Waals surface area contributed by atoms with Gasteiger partial charge in [-0.1, -0.05) is 0 Å². The molecule has 354 valence electrons. The van der Waals surface area contributed by atoms with Crippen LogP contribution in [0.15, 0.2) is 0 Å². The van der Waals surface area contributed by atoms with Crippen molar-refractivity contribution in [3.8, 4) is 0 Å². The second-order valence-corrected chi connectivity index (χ2v) is 14.1. The van der Waals surface area contributed by atoms with Gasteiger partial charge in [0.1, 0.15) is 73.2 Å². The van der Waals surface area contributed by atoms with Crippen LogP contribution >= 0.6 is 0 Å². The molecule has 6 unspecified atom stereocenters. The third kappa shape index (κ3) is 27.4. The number of hydrogen-bond acceptors (Lipinski definition) is 25. The van der Waals surface area contributed by atoms with Crippen molar-refractivity contribution < 1.29 is 120 Å². The summed E-state index contributed by atoms with van der Waals surface area (Å²) in [4.78, 5) is 12.0. The fourth-order valence-electron chi connectivity index (χ4n) is 4.82. The number of nitrogens with zero attached hydrogens (tertiary/aromatic N) is 1. The number of aliphatic hydroxyl groups is 17. The van der Waals surface area contributed by atoms with Crippen molar-refractivity contribution in [3.63, 3.8) is 0 Å². The van der Waals surface area contributed by atoms with Gasteiger partial charge in [-0.2, -0.15) is 0 Å². The average Bonchev–Trinajstić information content (AvgIpc) is 3.18. The van der Waals surface area contributed by atoms with Crippen LogP contribution in [0.4, 0.5) is 0 Å². The van der Waals surface area contributed by atoms with Crippen molar-refractivity contribution in [2.24, 2.45) is 0 Å². The lowest BCUT2D eigenvalue weighted by Gasteiger charge is -2.34. The SMILES string of the molecule is CC(=O)[C@@H](O)COCC(O)COCC(O)COCC(O)COCC(O)COCC(O)COCC(O)CN(C[C@H](O)[C@@H](O)[C@H](O)[C@H](O)CO)C[C@H](O)[C@@H](O)[C@H](O)[C@H](O)CO. The number of carbonyl (C=O) groups excluding carboxylic acids is 1. The third-order valence-electron chi connectivity index (χ3n) is 8.17. The molecule has 0 aromatic carbocycles. The Morgan fingerprint density at radius 1 is 0.373 bits per heavy atom. The Balaban J connectivity index is 4.47. The van der Waals surface area contributed by atoms with Crippen LogP contribution in [0.3, 0.4) is 0 Å². The van der Waals surface area contributed by atoms with Crippen molar-refractivity contribution in [2.75, 3.05) is 112 Å². The second-order valence-electron chi connectivity index (χ2n) is 14.1. The lowest BCUT2D eigenvalue weighted by molar-refractivity contribution is -0.133. The predicted octanol–water partition coefficient (Wildman–Crippen LogP) is -10.6. The van der Waals surface area contributed by atoms with E-state index >= 15 is 0 Å². The molecule has 17 N–H and O–H groups in total. The van der Waals surface area contributed by atoms with Crippen molar-refractivity contribution in [2.45, 2.75) is 98.5 Å². The number of hydrogen-bond donors (Lipinski definition) is 17. The van der Waals surface area contributed by atoms with Crippen LogP contribution in [0.25, 0.3) is 0 Å². The van der Waals surface area contributed by atoms with E-state index in [-0.39, 0.29) is 72.7 Å². The summed E-state index contributed by atoms with van der Waals surface area (Å²) in [6, 6.07) is 0. The van der Waals surface area contributed by atoms with E-state index in [1.807, 2.05) is 0 Å². The van der Waals surface area contributed by atoms with Gasteiger partial charge in [0.25, 0.3) is 0 Å². The zero-order valence-electron chi connectivity index (χ0n) is 33.1. The molecule has 0 heterocycles. The average molecular weight is 876 g/mol. The maximum absolute atomic E-state index is 10.9. The van der Waals surface area contributed by atoms with E-state index in [1.165, 1.54) is 6.92 Å². The van der Waals surface area contributed by atoms with Crippen LogP contribution in [0.5, 0.6) is 0 Å². The first-order valence-corrected chi connectivity index (χ1v) is 18.9. The number of carbonyl (C=O) groups is 1. The molecule has 0 aromatic rings. The number of ketones is 1. The van der Waals surface area contributed by atoms with Gasteiger partial charge in [0.2, 0.25) is 0 Å². The fraction of sp³-hybridized carbons (Fsp3) is 0.971. The number of rotatable bonds is 39. The smallest absolute Gasteiger partial charge is 0.160 e. The summed E-state index contributed by atoms with van der Waals surface area (Å²) in [7, 11) is 0. The highest BCUT2D eigenvalue weighted by Gasteiger charge is 2.35. The Hall–Kier alpha value is -1.29. The largest absolute Gasteiger partial charge is 0.394 e. The molecule has 59 heavy (non-hydrogen) atoms. The first-order chi connectivity index (χ1) is 27.7. The Kier molecular flexibility index (Phi) is 32.6. The van der Waals surface area contributed by atoms with E-state index in [0.29, 0.717) is 0 Å². The van der Waals surface area contributed by atoms with Gasteiger partial charge in [0.05, 0.1) is 111 Å². The van der Waals surface area contributed by atoms with E-state index in [1.54, 1.807) is 0 Å². The van der Waals surface area contributed by atoms with E-state index in [2.05, 4.69) is 0 Å². The molecule has 25 nitrogen and oxygen atoms in total. The Bertz CT molecular complexity index is 995. The summed E-state index contributed by atoms with van der Waals surface area (Å²) in [5, 5.41) is 168. The Labute approximate surface area is 341 Å². The second kappa shape index (κ2) is 33.3. The van der Waals surface area contributed by atoms with E-state index in [0.717, 1.165) is 4.90 Å². The summed E-state index contributed by atoms with van der Waals surface area (Å²) >= 11 is 0. The third-order valence-corrected chi connectivity index (χ3v) is 8.17. The molecule has 0 bridgehead atoms. The van der Waals surface area contributed by atoms with E-state index < -0.39 is 137 Å². The number of ether oxygens (including phenoxy) is 6. The zero-order chi connectivity index (χ0) is 45.1. The summed E-state index contributed by atoms with van der Waals surface area (Å²) in [5.41, 5.74) is 0. The molecule has 0 saturated heterocycles. The summed E-state index contributed by atoms with van der Waals surface area (Å²) < 4.78 is 31.0. The van der Waals surface area contributed by atoms with Crippen molar-refractivity contribution in [1.29, 1.82) is 0 Å². The molecule has 0 radical (unpaired) electrons. The highest BCUT2D eigenvalue weighted by Crippen LogP contribution is 2.12. The van der Waals surface area contributed by atoms with Crippen LogP contribution < -0.4 is 0 Å². The maximum atomic E-state index is 10.9. The van der Waals surface area contributed by atoms with E-state index in [4.69, 9.17) is 38.6 Å². The molecule has 0 fully saturated rings. The van der Waals surface area contributed by atoms with Gasteiger partial charge < -0.3 is 115 Å². The lowest BCUT2D eigenvalue weighted by Crippen LogP contribution is -2.54. The van der Waals surface area contributed by atoms with Crippen molar-refractivity contribution in [3.05, 3.63) is 0 Å². The minimum Gasteiger partial charge on any atom is -0.394 e. The fourth-order valence-corrected chi connectivity index (χ4v) is 4.82. The lowest BCUT2D eigenvalue weighted by atomic mass is 10.0. The zero-order valence-corrected chi connectivity index (χ0v) is 33.1. The summed E-state index contributed by atoms with van der Waals surface area (Å²) in [5.74, 6) is -0.473. The molecule has 0 aliphatic heterocycles. The Morgan fingerprint density at radius 3 is 0.864 bits per heavy atom. The van der Waals surface area contributed by atoms with Crippen LogP contribution in [-0.2, 0) is 33.2 Å². The van der Waals surface area contributed by atoms with Gasteiger partial charge in [-0.05, 0) is 6.92 Å². The molecule has 25 heteroatoms. The normalized spacial score (nSPS) is 20.1. The molecule has 0 aromatic heterocycles.